The molecule has 0 bridgehead atoms. The molecule has 1 nitrogen and oxygen atoms in total. The van der Waals surface area contributed by atoms with Crippen molar-refractivity contribution in [2.24, 2.45) is 0 Å². The Labute approximate surface area is 90.2 Å². The van der Waals surface area contributed by atoms with E-state index >= 15 is 0 Å². The Balaban J connectivity index is 2.70. The average molecular weight is 197 g/mol. The van der Waals surface area contributed by atoms with Gasteiger partial charge in [-0.15, -0.1) is 6.58 Å². The summed E-state index contributed by atoms with van der Waals surface area (Å²) in [6.45, 7) is 5.91. The minimum Gasteiger partial charge on any atom is -0.398 e. The molecule has 0 saturated heterocycles. The molecular formula is C14H15N. The molecule has 0 heterocycles. The molecule has 1 unspecified atom stereocenters. The van der Waals surface area contributed by atoms with Gasteiger partial charge in [0.05, 0.1) is 0 Å². The number of hydrogen-bond donors (Lipinski definition) is 1. The summed E-state index contributed by atoms with van der Waals surface area (Å²) >= 11 is 0. The third-order valence-electron chi connectivity index (χ3n) is 2.85. The maximum atomic E-state index is 6.15. The number of nitrogen functional groups attached to an aromatic ring is 1. The smallest absolute Gasteiger partial charge is 0.0432 e. The summed E-state index contributed by atoms with van der Waals surface area (Å²) < 4.78 is 0. The van der Waals surface area contributed by atoms with Crippen molar-refractivity contribution < 1.29 is 0 Å². The van der Waals surface area contributed by atoms with Gasteiger partial charge in [0.1, 0.15) is 0 Å². The van der Waals surface area contributed by atoms with E-state index in [0.717, 1.165) is 16.6 Å². The third kappa shape index (κ3) is 1.61. The van der Waals surface area contributed by atoms with Crippen LogP contribution in [0.4, 0.5) is 5.69 Å². The molecule has 0 radical (unpaired) electrons. The highest BCUT2D eigenvalue weighted by Gasteiger charge is 2.07. The Hall–Kier alpha value is -1.76. The fraction of sp³-hybridized carbons (Fsp3) is 0.143. The Bertz CT molecular complexity index is 500. The lowest BCUT2D eigenvalue weighted by Gasteiger charge is -2.12. The van der Waals surface area contributed by atoms with Gasteiger partial charge in [0.25, 0.3) is 0 Å². The van der Waals surface area contributed by atoms with Crippen molar-refractivity contribution in [3.8, 4) is 0 Å². The Morgan fingerprint density at radius 3 is 2.67 bits per heavy atom. The van der Waals surface area contributed by atoms with E-state index in [1.165, 1.54) is 5.39 Å². The van der Waals surface area contributed by atoms with Crippen LogP contribution in [0.15, 0.2) is 49.1 Å². The first-order valence-corrected chi connectivity index (χ1v) is 5.13. The van der Waals surface area contributed by atoms with Crippen LogP contribution >= 0.6 is 0 Å². The summed E-state index contributed by atoms with van der Waals surface area (Å²) in [4.78, 5) is 0. The van der Waals surface area contributed by atoms with Crippen molar-refractivity contribution in [2.45, 2.75) is 12.8 Å². The van der Waals surface area contributed by atoms with Gasteiger partial charge in [-0.3, -0.25) is 0 Å². The van der Waals surface area contributed by atoms with Crippen molar-refractivity contribution in [1.29, 1.82) is 0 Å². The molecule has 2 aromatic rings. The number of anilines is 1. The fourth-order valence-electron chi connectivity index (χ4n) is 1.84. The topological polar surface area (TPSA) is 26.0 Å². The molecule has 0 aliphatic rings. The highest BCUT2D eigenvalue weighted by molar-refractivity contribution is 5.94. The van der Waals surface area contributed by atoms with Gasteiger partial charge in [-0.2, -0.15) is 0 Å². The molecule has 0 spiro atoms. The van der Waals surface area contributed by atoms with Crippen LogP contribution in [0.25, 0.3) is 10.8 Å². The van der Waals surface area contributed by atoms with Crippen molar-refractivity contribution in [1.82, 2.24) is 0 Å². The molecule has 1 atom stereocenters. The quantitative estimate of drug-likeness (QED) is 0.576. The predicted octanol–water partition coefficient (Wildman–Crippen LogP) is 3.71. The van der Waals surface area contributed by atoms with E-state index in [1.54, 1.807) is 0 Å². The molecule has 2 N–H and O–H groups in total. The minimum atomic E-state index is 0.301. The maximum absolute atomic E-state index is 6.15. The number of allylic oxidation sites excluding steroid dienone is 1. The minimum absolute atomic E-state index is 0.301. The second-order valence-corrected chi connectivity index (χ2v) is 3.81. The Morgan fingerprint density at radius 2 is 1.93 bits per heavy atom. The summed E-state index contributed by atoms with van der Waals surface area (Å²) in [5.74, 6) is 0.301. The van der Waals surface area contributed by atoms with Gasteiger partial charge >= 0.3 is 0 Å². The first-order valence-electron chi connectivity index (χ1n) is 5.13. The van der Waals surface area contributed by atoms with Crippen LogP contribution in [-0.2, 0) is 0 Å². The third-order valence-corrected chi connectivity index (χ3v) is 2.85. The zero-order valence-electron chi connectivity index (χ0n) is 8.90. The number of benzene rings is 2. The van der Waals surface area contributed by atoms with Crippen molar-refractivity contribution in [2.75, 3.05) is 5.73 Å². The van der Waals surface area contributed by atoms with E-state index in [4.69, 9.17) is 5.73 Å². The lowest BCUT2D eigenvalue weighted by atomic mass is 9.95. The van der Waals surface area contributed by atoms with Crippen molar-refractivity contribution >= 4 is 16.5 Å². The summed E-state index contributed by atoms with van der Waals surface area (Å²) in [6.07, 6.45) is 1.92. The first kappa shape index (κ1) is 9.78. The SMILES string of the molecule is C=CC(C)c1ccc2ccccc2c1N. The maximum Gasteiger partial charge on any atom is 0.0432 e. The molecule has 15 heavy (non-hydrogen) atoms. The van der Waals surface area contributed by atoms with E-state index < -0.39 is 0 Å². The van der Waals surface area contributed by atoms with Crippen LogP contribution < -0.4 is 5.73 Å². The van der Waals surface area contributed by atoms with E-state index in [1.807, 2.05) is 18.2 Å². The molecule has 0 fully saturated rings. The molecule has 0 amide bonds. The largest absolute Gasteiger partial charge is 0.398 e. The molecule has 0 saturated carbocycles. The van der Waals surface area contributed by atoms with Gasteiger partial charge in [-0.25, -0.2) is 0 Å². The van der Waals surface area contributed by atoms with Crippen LogP contribution in [0.3, 0.4) is 0 Å². The lowest BCUT2D eigenvalue weighted by molar-refractivity contribution is 0.978. The second kappa shape index (κ2) is 3.77. The van der Waals surface area contributed by atoms with Crippen LogP contribution in [0, 0.1) is 0 Å². The van der Waals surface area contributed by atoms with Crippen LogP contribution in [0.5, 0.6) is 0 Å². The molecule has 0 aliphatic heterocycles. The normalized spacial score (nSPS) is 12.6. The predicted molar refractivity (Wildman–Crippen MR) is 67.0 cm³/mol. The van der Waals surface area contributed by atoms with Crippen molar-refractivity contribution in [3.63, 3.8) is 0 Å². The fourth-order valence-corrected chi connectivity index (χ4v) is 1.84. The van der Waals surface area contributed by atoms with Gasteiger partial charge in [0, 0.05) is 17.0 Å². The summed E-state index contributed by atoms with van der Waals surface area (Å²) in [6, 6.07) is 12.4. The summed E-state index contributed by atoms with van der Waals surface area (Å²) in [5, 5.41) is 2.32. The first-order chi connectivity index (χ1) is 7.24. The Kier molecular flexibility index (Phi) is 2.46. The summed E-state index contributed by atoms with van der Waals surface area (Å²) in [7, 11) is 0. The van der Waals surface area contributed by atoms with Gasteiger partial charge in [0.2, 0.25) is 0 Å². The van der Waals surface area contributed by atoms with Gasteiger partial charge in [-0.1, -0.05) is 49.4 Å². The molecule has 76 valence electrons. The molecule has 1 heteroatoms. The van der Waals surface area contributed by atoms with Gasteiger partial charge in [-0.05, 0) is 10.9 Å². The van der Waals surface area contributed by atoms with E-state index in [-0.39, 0.29) is 0 Å². The van der Waals surface area contributed by atoms with E-state index in [9.17, 15) is 0 Å². The van der Waals surface area contributed by atoms with Gasteiger partial charge < -0.3 is 5.73 Å². The van der Waals surface area contributed by atoms with Crippen LogP contribution in [0.2, 0.25) is 0 Å². The zero-order chi connectivity index (χ0) is 10.8. The molecule has 2 aromatic carbocycles. The lowest BCUT2D eigenvalue weighted by Crippen LogP contribution is -1.97. The average Bonchev–Trinajstić information content (AvgIpc) is 2.29. The number of fused-ring (bicyclic) bond motifs is 1. The monoisotopic (exact) mass is 197 g/mol. The molecule has 2 rings (SSSR count). The van der Waals surface area contributed by atoms with Crippen LogP contribution in [-0.4, -0.2) is 0 Å². The molecule has 0 aromatic heterocycles. The summed E-state index contributed by atoms with van der Waals surface area (Å²) in [5.41, 5.74) is 8.18. The van der Waals surface area contributed by atoms with Crippen molar-refractivity contribution in [3.05, 3.63) is 54.6 Å². The second-order valence-electron chi connectivity index (χ2n) is 3.81. The number of nitrogens with two attached hydrogens (primary N) is 1. The van der Waals surface area contributed by atoms with E-state index in [0.29, 0.717) is 5.92 Å². The molecule has 0 aliphatic carbocycles. The number of hydrogen-bond acceptors (Lipinski definition) is 1. The van der Waals surface area contributed by atoms with E-state index in [2.05, 4.69) is 37.8 Å². The van der Waals surface area contributed by atoms with Crippen LogP contribution in [0.1, 0.15) is 18.4 Å². The molecular weight excluding hydrogens is 182 g/mol. The zero-order valence-corrected chi connectivity index (χ0v) is 8.90. The van der Waals surface area contributed by atoms with Gasteiger partial charge in [0.15, 0.2) is 0 Å². The standard InChI is InChI=1S/C14H15N/c1-3-10(2)12-9-8-11-6-4-5-7-13(11)14(12)15/h3-10H,1,15H2,2H3. The number of rotatable bonds is 2. The highest BCUT2D eigenvalue weighted by atomic mass is 14.6. The highest BCUT2D eigenvalue weighted by Crippen LogP contribution is 2.30. The Morgan fingerprint density at radius 1 is 1.20 bits per heavy atom.